The van der Waals surface area contributed by atoms with Crippen LogP contribution in [0, 0.1) is 6.92 Å². The van der Waals surface area contributed by atoms with Crippen molar-refractivity contribution in [2.45, 2.75) is 27.2 Å². The van der Waals surface area contributed by atoms with Crippen LogP contribution in [0.3, 0.4) is 0 Å². The number of nitrogens with zero attached hydrogens (tertiary/aromatic N) is 2. The van der Waals surface area contributed by atoms with E-state index >= 15 is 0 Å². The molecule has 1 heterocycles. The van der Waals surface area contributed by atoms with Gasteiger partial charge in [0.2, 0.25) is 5.95 Å². The second-order valence-electron chi connectivity index (χ2n) is 6.47. The Morgan fingerprint density at radius 3 is 2.25 bits per heavy atom. The van der Waals surface area contributed by atoms with E-state index in [2.05, 4.69) is 33.6 Å². The van der Waals surface area contributed by atoms with E-state index in [1.807, 2.05) is 19.1 Å². The van der Waals surface area contributed by atoms with E-state index in [1.54, 1.807) is 24.3 Å². The zero-order valence-electron chi connectivity index (χ0n) is 16.1. The van der Waals surface area contributed by atoms with E-state index in [9.17, 15) is 9.59 Å². The molecule has 0 spiro atoms. The summed E-state index contributed by atoms with van der Waals surface area (Å²) < 4.78 is 0. The topological polar surface area (TPSA) is 84.0 Å². The van der Waals surface area contributed by atoms with Crippen LogP contribution in [0.1, 0.15) is 45.7 Å². The first-order chi connectivity index (χ1) is 13.5. The number of nitrogens with one attached hydrogen (secondary N) is 2. The number of hydrogen-bond donors (Lipinski definition) is 2. The van der Waals surface area contributed by atoms with Crippen molar-refractivity contribution in [3.63, 3.8) is 0 Å². The predicted octanol–water partition coefficient (Wildman–Crippen LogP) is 4.55. The first kappa shape index (κ1) is 19.2. The van der Waals surface area contributed by atoms with Crippen molar-refractivity contribution in [3.8, 4) is 0 Å². The lowest BCUT2D eigenvalue weighted by molar-refractivity contribution is 0.101. The van der Waals surface area contributed by atoms with Gasteiger partial charge in [0.25, 0.3) is 5.91 Å². The van der Waals surface area contributed by atoms with Gasteiger partial charge in [-0.25, -0.2) is 9.97 Å². The molecule has 0 saturated heterocycles. The van der Waals surface area contributed by atoms with Crippen molar-refractivity contribution in [2.75, 3.05) is 10.6 Å². The summed E-state index contributed by atoms with van der Waals surface area (Å²) in [5, 5.41) is 6.01. The van der Waals surface area contributed by atoms with Crippen molar-refractivity contribution in [2.24, 2.45) is 0 Å². The summed E-state index contributed by atoms with van der Waals surface area (Å²) in [5.41, 5.74) is 4.83. The van der Waals surface area contributed by atoms with E-state index in [0.29, 0.717) is 22.8 Å². The largest absolute Gasteiger partial charge is 0.324 e. The Morgan fingerprint density at radius 2 is 1.64 bits per heavy atom. The number of aryl methyl sites for hydroxylation is 2. The van der Waals surface area contributed by atoms with Gasteiger partial charge in [-0.2, -0.15) is 0 Å². The quantitative estimate of drug-likeness (QED) is 0.619. The number of carbonyl (C=O) groups excluding carboxylic acids is 2. The van der Waals surface area contributed by atoms with Crippen LogP contribution >= 0.6 is 0 Å². The summed E-state index contributed by atoms with van der Waals surface area (Å²) in [6, 6.07) is 12.8. The van der Waals surface area contributed by atoms with Crippen molar-refractivity contribution in [1.29, 1.82) is 0 Å². The molecule has 0 unspecified atom stereocenters. The molecule has 0 aliphatic carbocycles. The minimum absolute atomic E-state index is 0.0192. The lowest BCUT2D eigenvalue weighted by atomic mass is 10.1. The van der Waals surface area contributed by atoms with Crippen molar-refractivity contribution < 1.29 is 9.59 Å². The third-order valence-electron chi connectivity index (χ3n) is 4.44. The Kier molecular flexibility index (Phi) is 5.79. The van der Waals surface area contributed by atoms with Crippen LogP contribution in [0.4, 0.5) is 17.3 Å². The second kappa shape index (κ2) is 8.43. The fraction of sp³-hybridized carbons (Fsp3) is 0.182. The number of aromatic nitrogens is 2. The molecule has 6 heteroatoms. The Bertz CT molecular complexity index is 996. The molecule has 0 bridgehead atoms. The molecule has 2 N–H and O–H groups in total. The first-order valence-electron chi connectivity index (χ1n) is 9.08. The third kappa shape index (κ3) is 4.40. The molecule has 0 saturated carbocycles. The summed E-state index contributed by atoms with van der Waals surface area (Å²) in [4.78, 5) is 32.2. The van der Waals surface area contributed by atoms with Crippen LogP contribution < -0.4 is 10.6 Å². The highest BCUT2D eigenvalue weighted by atomic mass is 16.1. The summed E-state index contributed by atoms with van der Waals surface area (Å²) in [6.07, 6.45) is 3.86. The molecule has 6 nitrogen and oxygen atoms in total. The van der Waals surface area contributed by atoms with Crippen molar-refractivity contribution in [3.05, 3.63) is 77.1 Å². The van der Waals surface area contributed by atoms with Gasteiger partial charge < -0.3 is 10.6 Å². The van der Waals surface area contributed by atoms with E-state index in [0.717, 1.165) is 17.7 Å². The molecule has 0 atom stereocenters. The summed E-state index contributed by atoms with van der Waals surface area (Å²) in [7, 11) is 0. The van der Waals surface area contributed by atoms with E-state index in [4.69, 9.17) is 0 Å². The Hall–Kier alpha value is -3.54. The van der Waals surface area contributed by atoms with Crippen LogP contribution in [0.25, 0.3) is 0 Å². The number of amides is 1. The highest BCUT2D eigenvalue weighted by Gasteiger charge is 2.10. The maximum absolute atomic E-state index is 12.4. The maximum Gasteiger partial charge on any atom is 0.258 e. The molecule has 142 valence electrons. The SMILES string of the molecule is CCc1cccc(C)c1Nc1ncc(C(=O)Nc2ccc(C(C)=O)cc2)cn1. The van der Waals surface area contributed by atoms with Gasteiger partial charge in [0.15, 0.2) is 5.78 Å². The van der Waals surface area contributed by atoms with Gasteiger partial charge in [0.1, 0.15) is 0 Å². The molecular weight excluding hydrogens is 352 g/mol. The minimum atomic E-state index is -0.313. The van der Waals surface area contributed by atoms with E-state index in [1.165, 1.54) is 24.9 Å². The smallest absolute Gasteiger partial charge is 0.258 e. The molecule has 0 aliphatic rings. The zero-order valence-corrected chi connectivity index (χ0v) is 16.1. The average Bonchev–Trinajstić information content (AvgIpc) is 2.70. The molecule has 3 aromatic rings. The molecule has 1 aromatic heterocycles. The minimum Gasteiger partial charge on any atom is -0.324 e. The standard InChI is InChI=1S/C22H22N4O2/c1-4-16-7-5-6-14(2)20(16)26-22-23-12-18(13-24-22)21(28)25-19-10-8-17(9-11-19)15(3)27/h5-13H,4H2,1-3H3,(H,25,28)(H,23,24,26). The fourth-order valence-electron chi connectivity index (χ4n) is 2.82. The van der Waals surface area contributed by atoms with Crippen molar-refractivity contribution >= 4 is 29.0 Å². The number of anilines is 3. The molecule has 0 aliphatic heterocycles. The van der Waals surface area contributed by atoms with Gasteiger partial charge in [0.05, 0.1) is 5.56 Å². The van der Waals surface area contributed by atoms with Crippen molar-refractivity contribution in [1.82, 2.24) is 9.97 Å². The number of rotatable bonds is 6. The number of carbonyl (C=O) groups is 2. The normalized spacial score (nSPS) is 10.4. The lowest BCUT2D eigenvalue weighted by Crippen LogP contribution is -2.13. The number of hydrogen-bond acceptors (Lipinski definition) is 5. The summed E-state index contributed by atoms with van der Waals surface area (Å²) in [5.74, 6) is 0.105. The number of benzene rings is 2. The van der Waals surface area contributed by atoms with Gasteiger partial charge in [-0.15, -0.1) is 0 Å². The van der Waals surface area contributed by atoms with Gasteiger partial charge >= 0.3 is 0 Å². The molecular formula is C22H22N4O2. The van der Waals surface area contributed by atoms with E-state index in [-0.39, 0.29) is 11.7 Å². The van der Waals surface area contributed by atoms with Crippen LogP contribution in [0.2, 0.25) is 0 Å². The third-order valence-corrected chi connectivity index (χ3v) is 4.44. The Balaban J connectivity index is 1.70. The highest BCUT2D eigenvalue weighted by Crippen LogP contribution is 2.23. The van der Waals surface area contributed by atoms with Gasteiger partial charge in [-0.3, -0.25) is 9.59 Å². The number of Topliss-reactive ketones (excluding diaryl/α,β-unsaturated/α-hetero) is 1. The summed E-state index contributed by atoms with van der Waals surface area (Å²) >= 11 is 0. The second-order valence-corrected chi connectivity index (χ2v) is 6.47. The van der Waals surface area contributed by atoms with Crippen LogP contribution in [0.5, 0.6) is 0 Å². The maximum atomic E-state index is 12.4. The van der Waals surface area contributed by atoms with Gasteiger partial charge in [-0.1, -0.05) is 25.1 Å². The van der Waals surface area contributed by atoms with Gasteiger partial charge in [-0.05, 0) is 55.7 Å². The van der Waals surface area contributed by atoms with Crippen LogP contribution in [-0.2, 0) is 6.42 Å². The predicted molar refractivity (Wildman–Crippen MR) is 110 cm³/mol. The molecule has 3 rings (SSSR count). The van der Waals surface area contributed by atoms with Crippen LogP contribution in [0.15, 0.2) is 54.9 Å². The van der Waals surface area contributed by atoms with E-state index < -0.39 is 0 Å². The first-order valence-corrected chi connectivity index (χ1v) is 9.08. The Labute approximate surface area is 164 Å². The fourth-order valence-corrected chi connectivity index (χ4v) is 2.82. The molecule has 0 radical (unpaired) electrons. The molecule has 1 amide bonds. The number of ketones is 1. The van der Waals surface area contributed by atoms with Gasteiger partial charge in [0, 0.05) is 29.3 Å². The zero-order chi connectivity index (χ0) is 20.1. The van der Waals surface area contributed by atoms with Crippen LogP contribution in [-0.4, -0.2) is 21.7 Å². The summed E-state index contributed by atoms with van der Waals surface area (Å²) in [6.45, 7) is 5.62. The molecule has 2 aromatic carbocycles. The Morgan fingerprint density at radius 1 is 0.964 bits per heavy atom. The average molecular weight is 374 g/mol. The lowest BCUT2D eigenvalue weighted by Gasteiger charge is -2.13. The monoisotopic (exact) mass is 374 g/mol. The molecule has 0 fully saturated rings. The number of para-hydroxylation sites is 1. The molecule has 28 heavy (non-hydrogen) atoms. The highest BCUT2D eigenvalue weighted by molar-refractivity contribution is 6.04.